The number of ether oxygens (including phenoxy) is 2. The number of rotatable bonds is 5. The summed E-state index contributed by atoms with van der Waals surface area (Å²) in [6.45, 7) is 1.95. The molecule has 0 bridgehead atoms. The lowest BCUT2D eigenvalue weighted by Crippen LogP contribution is -2.44. The number of alkyl halides is 3. The lowest BCUT2D eigenvalue weighted by molar-refractivity contribution is -0.153. The standard InChI is InChI=1S/C16H20F3NO3/c1-15(7-2-8-22-10-15)14(21)20-9-12-3-5-13(6-4-12)23-11-16(17,18)19/h3-6H,2,7-11H2,1H3,(H,20,21)/t15-/m0/s1. The molecule has 2 rings (SSSR count). The van der Waals surface area contributed by atoms with Gasteiger partial charge in [0.05, 0.1) is 12.0 Å². The van der Waals surface area contributed by atoms with Crippen LogP contribution in [0.25, 0.3) is 0 Å². The molecule has 1 atom stereocenters. The summed E-state index contributed by atoms with van der Waals surface area (Å²) in [5, 5.41) is 2.85. The Labute approximate surface area is 133 Å². The first-order chi connectivity index (χ1) is 10.8. The second-order valence-electron chi connectivity index (χ2n) is 5.95. The van der Waals surface area contributed by atoms with E-state index in [2.05, 4.69) is 10.1 Å². The van der Waals surface area contributed by atoms with Crippen molar-refractivity contribution in [3.05, 3.63) is 29.8 Å². The Morgan fingerprint density at radius 1 is 1.35 bits per heavy atom. The number of carbonyl (C=O) groups is 1. The molecule has 1 aromatic rings. The maximum Gasteiger partial charge on any atom is 0.422 e. The van der Waals surface area contributed by atoms with Gasteiger partial charge in [0.2, 0.25) is 5.91 Å². The van der Waals surface area contributed by atoms with Gasteiger partial charge in [-0.2, -0.15) is 13.2 Å². The van der Waals surface area contributed by atoms with Gasteiger partial charge in [-0.05, 0) is 37.5 Å². The zero-order valence-electron chi connectivity index (χ0n) is 12.9. The largest absolute Gasteiger partial charge is 0.484 e. The summed E-state index contributed by atoms with van der Waals surface area (Å²) in [5.41, 5.74) is 0.270. The molecule has 0 unspecified atom stereocenters. The fourth-order valence-electron chi connectivity index (χ4n) is 2.38. The molecule has 1 heterocycles. The summed E-state index contributed by atoms with van der Waals surface area (Å²) in [7, 11) is 0. The molecule has 0 saturated carbocycles. The first kappa shape index (κ1) is 17.6. The average molecular weight is 331 g/mol. The first-order valence-corrected chi connectivity index (χ1v) is 7.43. The van der Waals surface area contributed by atoms with Gasteiger partial charge in [0.15, 0.2) is 6.61 Å². The molecule has 1 N–H and O–H groups in total. The van der Waals surface area contributed by atoms with Gasteiger partial charge in [0.25, 0.3) is 0 Å². The van der Waals surface area contributed by atoms with E-state index in [0.717, 1.165) is 18.4 Å². The number of carbonyl (C=O) groups excluding carboxylic acids is 1. The van der Waals surface area contributed by atoms with Gasteiger partial charge in [0.1, 0.15) is 5.75 Å². The number of benzene rings is 1. The molecule has 0 aliphatic carbocycles. The quantitative estimate of drug-likeness (QED) is 0.902. The second kappa shape index (κ2) is 7.21. The van der Waals surface area contributed by atoms with E-state index in [1.165, 1.54) is 12.1 Å². The molecule has 1 aromatic carbocycles. The van der Waals surface area contributed by atoms with E-state index >= 15 is 0 Å². The fraction of sp³-hybridized carbons (Fsp3) is 0.562. The summed E-state index contributed by atoms with van der Waals surface area (Å²) in [6, 6.07) is 6.18. The van der Waals surface area contributed by atoms with Crippen molar-refractivity contribution in [3.8, 4) is 5.75 Å². The molecule has 23 heavy (non-hydrogen) atoms. The number of hydrogen-bond donors (Lipinski definition) is 1. The summed E-state index contributed by atoms with van der Waals surface area (Å²) in [5.74, 6) is 0.0691. The van der Waals surface area contributed by atoms with E-state index in [4.69, 9.17) is 4.74 Å². The van der Waals surface area contributed by atoms with E-state index in [-0.39, 0.29) is 11.7 Å². The van der Waals surface area contributed by atoms with Crippen molar-refractivity contribution in [2.75, 3.05) is 19.8 Å². The van der Waals surface area contributed by atoms with E-state index < -0.39 is 18.2 Å². The van der Waals surface area contributed by atoms with E-state index in [1.54, 1.807) is 12.1 Å². The van der Waals surface area contributed by atoms with E-state index in [1.807, 2.05) is 6.92 Å². The fourth-order valence-corrected chi connectivity index (χ4v) is 2.38. The van der Waals surface area contributed by atoms with Crippen molar-refractivity contribution in [2.24, 2.45) is 5.41 Å². The van der Waals surface area contributed by atoms with Gasteiger partial charge in [0, 0.05) is 13.2 Å². The van der Waals surface area contributed by atoms with Gasteiger partial charge >= 0.3 is 6.18 Å². The lowest BCUT2D eigenvalue weighted by atomic mass is 9.84. The summed E-state index contributed by atoms with van der Waals surface area (Å²) in [4.78, 5) is 12.2. The highest BCUT2D eigenvalue weighted by Crippen LogP contribution is 2.28. The maximum absolute atomic E-state index is 12.2. The topological polar surface area (TPSA) is 47.6 Å². The van der Waals surface area contributed by atoms with E-state index in [0.29, 0.717) is 19.8 Å². The Bertz CT molecular complexity index is 522. The minimum Gasteiger partial charge on any atom is -0.484 e. The van der Waals surface area contributed by atoms with Crippen LogP contribution in [0.3, 0.4) is 0 Å². The van der Waals surface area contributed by atoms with Crippen LogP contribution in [0.2, 0.25) is 0 Å². The van der Waals surface area contributed by atoms with Crippen molar-refractivity contribution >= 4 is 5.91 Å². The molecular weight excluding hydrogens is 311 g/mol. The highest BCUT2D eigenvalue weighted by atomic mass is 19.4. The highest BCUT2D eigenvalue weighted by Gasteiger charge is 2.35. The van der Waals surface area contributed by atoms with Crippen LogP contribution in [0.1, 0.15) is 25.3 Å². The zero-order chi connectivity index (χ0) is 16.9. The minimum absolute atomic E-state index is 0.0744. The van der Waals surface area contributed by atoms with Crippen LogP contribution in [0.4, 0.5) is 13.2 Å². The van der Waals surface area contributed by atoms with Crippen LogP contribution >= 0.6 is 0 Å². The second-order valence-corrected chi connectivity index (χ2v) is 5.95. The molecule has 1 aliphatic heterocycles. The molecule has 0 spiro atoms. The third-order valence-corrected chi connectivity index (χ3v) is 3.76. The van der Waals surface area contributed by atoms with Crippen molar-refractivity contribution < 1.29 is 27.4 Å². The zero-order valence-corrected chi connectivity index (χ0v) is 12.9. The van der Waals surface area contributed by atoms with Crippen molar-refractivity contribution in [1.82, 2.24) is 5.32 Å². The van der Waals surface area contributed by atoms with Crippen LogP contribution in [0.5, 0.6) is 5.75 Å². The Morgan fingerprint density at radius 2 is 2.04 bits per heavy atom. The predicted molar refractivity (Wildman–Crippen MR) is 78.0 cm³/mol. The molecule has 1 saturated heterocycles. The van der Waals surface area contributed by atoms with Gasteiger partial charge in [-0.15, -0.1) is 0 Å². The normalized spacial score (nSPS) is 21.7. The van der Waals surface area contributed by atoms with Crippen LogP contribution in [0.15, 0.2) is 24.3 Å². The van der Waals surface area contributed by atoms with Gasteiger partial charge < -0.3 is 14.8 Å². The van der Waals surface area contributed by atoms with Crippen LogP contribution < -0.4 is 10.1 Å². The first-order valence-electron chi connectivity index (χ1n) is 7.43. The summed E-state index contributed by atoms with van der Waals surface area (Å²) < 4.78 is 46.2. The molecule has 0 radical (unpaired) electrons. The van der Waals surface area contributed by atoms with Crippen molar-refractivity contribution in [2.45, 2.75) is 32.5 Å². The monoisotopic (exact) mass is 331 g/mol. The molecule has 1 amide bonds. The summed E-state index contributed by atoms with van der Waals surface area (Å²) in [6.07, 6.45) is -2.72. The Morgan fingerprint density at radius 3 is 2.61 bits per heavy atom. The summed E-state index contributed by atoms with van der Waals surface area (Å²) >= 11 is 0. The lowest BCUT2D eigenvalue weighted by Gasteiger charge is -2.31. The Balaban J connectivity index is 1.83. The number of amides is 1. The van der Waals surface area contributed by atoms with Gasteiger partial charge in [-0.25, -0.2) is 0 Å². The third-order valence-electron chi connectivity index (χ3n) is 3.76. The van der Waals surface area contributed by atoms with Crippen LogP contribution in [-0.4, -0.2) is 31.9 Å². The molecule has 128 valence electrons. The Hall–Kier alpha value is -1.76. The molecule has 4 nitrogen and oxygen atoms in total. The van der Waals surface area contributed by atoms with Gasteiger partial charge in [-0.3, -0.25) is 4.79 Å². The third kappa shape index (κ3) is 5.42. The van der Waals surface area contributed by atoms with Crippen molar-refractivity contribution in [1.29, 1.82) is 0 Å². The Kier molecular flexibility index (Phi) is 5.51. The number of halogens is 3. The smallest absolute Gasteiger partial charge is 0.422 e. The molecular formula is C16H20F3NO3. The average Bonchev–Trinajstić information content (AvgIpc) is 2.51. The predicted octanol–water partition coefficient (Wildman–Crippen LogP) is 3.06. The van der Waals surface area contributed by atoms with Gasteiger partial charge in [-0.1, -0.05) is 12.1 Å². The molecule has 0 aromatic heterocycles. The number of nitrogens with one attached hydrogen (secondary N) is 1. The maximum atomic E-state index is 12.2. The molecule has 1 fully saturated rings. The van der Waals surface area contributed by atoms with Crippen molar-refractivity contribution in [3.63, 3.8) is 0 Å². The molecule has 7 heteroatoms. The minimum atomic E-state index is -4.36. The van der Waals surface area contributed by atoms with Crippen LogP contribution in [-0.2, 0) is 16.1 Å². The number of hydrogen-bond acceptors (Lipinski definition) is 3. The SMILES string of the molecule is C[C@]1(C(=O)NCc2ccc(OCC(F)(F)F)cc2)CCCOC1. The highest BCUT2D eigenvalue weighted by molar-refractivity contribution is 5.82. The van der Waals surface area contributed by atoms with Crippen LogP contribution in [0, 0.1) is 5.41 Å². The molecule has 1 aliphatic rings. The van der Waals surface area contributed by atoms with E-state index in [9.17, 15) is 18.0 Å².